The smallest absolute Gasteiger partial charge is 0.414 e. The molecule has 4 rings (SSSR count). The van der Waals surface area contributed by atoms with Crippen molar-refractivity contribution in [2.75, 3.05) is 62.5 Å². The van der Waals surface area contributed by atoms with Gasteiger partial charge in [-0.15, -0.1) is 0 Å². The van der Waals surface area contributed by atoms with Crippen molar-refractivity contribution in [1.29, 1.82) is 0 Å². The van der Waals surface area contributed by atoms with Crippen LogP contribution in [0, 0.1) is 0 Å². The Kier molecular flexibility index (Phi) is 8.13. The first-order chi connectivity index (χ1) is 16.2. The minimum atomic E-state index is -0.358. The van der Waals surface area contributed by atoms with Gasteiger partial charge in [-0.3, -0.25) is 9.80 Å². The number of hydrogen-bond acceptors (Lipinski definition) is 7. The zero-order valence-corrected chi connectivity index (χ0v) is 18.3. The van der Waals surface area contributed by atoms with Crippen LogP contribution in [0.25, 0.3) is 0 Å². The molecule has 2 fully saturated rings. The molecular weight excluding hydrogens is 428 g/mol. The highest BCUT2D eigenvalue weighted by Gasteiger charge is 2.33. The van der Waals surface area contributed by atoms with Gasteiger partial charge in [-0.2, -0.15) is 0 Å². The number of carbonyl (C=O) groups is 2. The molecule has 2 aromatic carbocycles. The van der Waals surface area contributed by atoms with Crippen LogP contribution < -0.4 is 9.80 Å². The van der Waals surface area contributed by atoms with E-state index in [1.165, 1.54) is 0 Å². The van der Waals surface area contributed by atoms with Crippen molar-refractivity contribution in [2.45, 2.75) is 12.2 Å². The summed E-state index contributed by atoms with van der Waals surface area (Å²) in [7, 11) is 0. The molecule has 0 N–H and O–H groups in total. The Labute approximate surface area is 192 Å². The van der Waals surface area contributed by atoms with E-state index in [9.17, 15) is 9.59 Å². The summed E-state index contributed by atoms with van der Waals surface area (Å²) in [5.41, 5.74) is 1.63. The number of anilines is 2. The minimum absolute atomic E-state index is 0.300. The first-order valence-electron chi connectivity index (χ1n) is 11.0. The SMILES string of the molecule is O=C1OC(COCCOCCOCC2CN(c3ccccc3)C(=O)O2)CN1c1ccccc1. The van der Waals surface area contributed by atoms with E-state index >= 15 is 0 Å². The maximum atomic E-state index is 12.0. The van der Waals surface area contributed by atoms with Gasteiger partial charge in [0.2, 0.25) is 0 Å². The van der Waals surface area contributed by atoms with Gasteiger partial charge >= 0.3 is 12.2 Å². The van der Waals surface area contributed by atoms with Gasteiger partial charge in [-0.25, -0.2) is 9.59 Å². The van der Waals surface area contributed by atoms with E-state index < -0.39 is 0 Å². The third-order valence-corrected chi connectivity index (χ3v) is 5.24. The fourth-order valence-corrected chi connectivity index (χ4v) is 3.62. The fraction of sp³-hybridized carbons (Fsp3) is 0.417. The van der Waals surface area contributed by atoms with E-state index in [1.807, 2.05) is 60.7 Å². The predicted octanol–water partition coefficient (Wildman–Crippen LogP) is 3.09. The molecule has 2 unspecified atom stereocenters. The summed E-state index contributed by atoms with van der Waals surface area (Å²) in [5, 5.41) is 0. The van der Waals surface area contributed by atoms with Gasteiger partial charge in [-0.05, 0) is 24.3 Å². The summed E-state index contributed by atoms with van der Waals surface area (Å²) in [6.45, 7) is 3.17. The Hall–Kier alpha value is -3.14. The predicted molar refractivity (Wildman–Crippen MR) is 121 cm³/mol. The van der Waals surface area contributed by atoms with Gasteiger partial charge in [0.1, 0.15) is 12.2 Å². The zero-order valence-electron chi connectivity index (χ0n) is 18.3. The molecular formula is C24H28N2O7. The largest absolute Gasteiger partial charge is 0.441 e. The van der Waals surface area contributed by atoms with E-state index in [0.717, 1.165) is 11.4 Å². The minimum Gasteiger partial charge on any atom is -0.441 e. The highest BCUT2D eigenvalue weighted by atomic mass is 16.6. The van der Waals surface area contributed by atoms with Crippen LogP contribution >= 0.6 is 0 Å². The molecule has 0 bridgehead atoms. The number of para-hydroxylation sites is 2. The van der Waals surface area contributed by atoms with Crippen molar-refractivity contribution in [2.24, 2.45) is 0 Å². The molecule has 9 nitrogen and oxygen atoms in total. The number of ether oxygens (including phenoxy) is 5. The van der Waals surface area contributed by atoms with E-state index in [1.54, 1.807) is 9.80 Å². The number of hydrogen-bond donors (Lipinski definition) is 0. The Balaban J connectivity index is 1.02. The van der Waals surface area contributed by atoms with E-state index in [2.05, 4.69) is 0 Å². The molecule has 2 atom stereocenters. The molecule has 176 valence electrons. The van der Waals surface area contributed by atoms with Gasteiger partial charge in [0.25, 0.3) is 0 Å². The Morgan fingerprint density at radius 2 is 1.03 bits per heavy atom. The number of benzene rings is 2. The summed E-state index contributed by atoms with van der Waals surface area (Å²) in [6.07, 6.45) is -1.32. The van der Waals surface area contributed by atoms with Crippen molar-refractivity contribution in [3.63, 3.8) is 0 Å². The maximum absolute atomic E-state index is 12.0. The molecule has 0 radical (unpaired) electrons. The molecule has 33 heavy (non-hydrogen) atoms. The van der Waals surface area contributed by atoms with Crippen LogP contribution in [0.3, 0.4) is 0 Å². The maximum Gasteiger partial charge on any atom is 0.414 e. The van der Waals surface area contributed by atoms with Crippen LogP contribution in [0.1, 0.15) is 0 Å². The summed E-state index contributed by atoms with van der Waals surface area (Å²) < 4.78 is 27.3. The normalized spacial score (nSPS) is 20.2. The van der Waals surface area contributed by atoms with Crippen LogP contribution in [0.4, 0.5) is 21.0 Å². The van der Waals surface area contributed by atoms with Crippen LogP contribution in [-0.2, 0) is 23.7 Å². The van der Waals surface area contributed by atoms with Gasteiger partial charge in [0.05, 0.1) is 52.7 Å². The van der Waals surface area contributed by atoms with E-state index in [0.29, 0.717) is 52.7 Å². The van der Waals surface area contributed by atoms with Crippen molar-refractivity contribution >= 4 is 23.6 Å². The highest BCUT2D eigenvalue weighted by molar-refractivity contribution is 5.90. The van der Waals surface area contributed by atoms with Crippen molar-refractivity contribution < 1.29 is 33.3 Å². The lowest BCUT2D eigenvalue weighted by Crippen LogP contribution is -2.26. The van der Waals surface area contributed by atoms with Gasteiger partial charge in [0, 0.05) is 11.4 Å². The van der Waals surface area contributed by atoms with Crippen LogP contribution in [0.5, 0.6) is 0 Å². The molecule has 2 aliphatic rings. The van der Waals surface area contributed by atoms with Crippen LogP contribution in [0.15, 0.2) is 60.7 Å². The quantitative estimate of drug-likeness (QED) is 0.454. The molecule has 0 saturated carbocycles. The van der Waals surface area contributed by atoms with E-state index in [-0.39, 0.29) is 24.4 Å². The molecule has 0 aromatic heterocycles. The zero-order chi connectivity index (χ0) is 22.9. The summed E-state index contributed by atoms with van der Waals surface area (Å²) in [5.74, 6) is 0. The Morgan fingerprint density at radius 1 is 0.636 bits per heavy atom. The van der Waals surface area contributed by atoms with Crippen LogP contribution in [-0.4, -0.2) is 77.1 Å². The van der Waals surface area contributed by atoms with Crippen molar-refractivity contribution in [3.8, 4) is 0 Å². The average Bonchev–Trinajstić information content (AvgIpc) is 3.41. The topological polar surface area (TPSA) is 86.8 Å². The second kappa shape index (κ2) is 11.6. The monoisotopic (exact) mass is 456 g/mol. The lowest BCUT2D eigenvalue weighted by molar-refractivity contribution is -0.0149. The summed E-state index contributed by atoms with van der Waals surface area (Å²) in [6, 6.07) is 18.8. The molecule has 2 aliphatic heterocycles. The molecule has 2 heterocycles. The second-order valence-corrected chi connectivity index (χ2v) is 7.67. The lowest BCUT2D eigenvalue weighted by atomic mass is 10.3. The lowest BCUT2D eigenvalue weighted by Gasteiger charge is -2.13. The van der Waals surface area contributed by atoms with Crippen molar-refractivity contribution in [3.05, 3.63) is 60.7 Å². The number of amides is 2. The second-order valence-electron chi connectivity index (χ2n) is 7.67. The third kappa shape index (κ3) is 6.44. The standard InChI is InChI=1S/C24H28N2O7/c27-23-25(19-7-3-1-4-8-19)15-21(32-23)17-30-13-11-29-12-14-31-18-22-16-26(24(28)33-22)20-9-5-2-6-10-20/h1-10,21-22H,11-18H2. The summed E-state index contributed by atoms with van der Waals surface area (Å²) in [4.78, 5) is 27.2. The third-order valence-electron chi connectivity index (χ3n) is 5.24. The van der Waals surface area contributed by atoms with Gasteiger partial charge < -0.3 is 23.7 Å². The average molecular weight is 456 g/mol. The molecule has 2 amide bonds. The van der Waals surface area contributed by atoms with Gasteiger partial charge in [0.15, 0.2) is 0 Å². The summed E-state index contributed by atoms with van der Waals surface area (Å²) >= 11 is 0. The highest BCUT2D eigenvalue weighted by Crippen LogP contribution is 2.22. The molecule has 0 spiro atoms. The van der Waals surface area contributed by atoms with E-state index in [4.69, 9.17) is 23.7 Å². The Bertz CT molecular complexity index is 823. The molecule has 9 heteroatoms. The van der Waals surface area contributed by atoms with Crippen molar-refractivity contribution in [1.82, 2.24) is 0 Å². The number of nitrogens with zero attached hydrogens (tertiary/aromatic N) is 2. The molecule has 2 aromatic rings. The molecule has 0 aliphatic carbocycles. The molecule has 2 saturated heterocycles. The Morgan fingerprint density at radius 3 is 1.45 bits per heavy atom. The first-order valence-corrected chi connectivity index (χ1v) is 11.0. The van der Waals surface area contributed by atoms with Gasteiger partial charge in [-0.1, -0.05) is 36.4 Å². The van der Waals surface area contributed by atoms with Crippen LogP contribution in [0.2, 0.25) is 0 Å². The number of carbonyl (C=O) groups excluding carboxylic acids is 2. The fourth-order valence-electron chi connectivity index (χ4n) is 3.62. The number of rotatable bonds is 12. The number of cyclic esters (lactones) is 2. The first kappa shape index (κ1) is 23.0.